The summed E-state index contributed by atoms with van der Waals surface area (Å²) in [6, 6.07) is -1.49. The van der Waals surface area contributed by atoms with Crippen LogP contribution in [-0.2, 0) is 9.59 Å². The second kappa shape index (κ2) is 7.28. The van der Waals surface area contributed by atoms with Crippen molar-refractivity contribution in [3.05, 3.63) is 0 Å². The normalized spacial score (nSPS) is 21.5. The van der Waals surface area contributed by atoms with Gasteiger partial charge in [-0.25, -0.2) is 9.59 Å². The molecule has 2 amide bonds. The predicted molar refractivity (Wildman–Crippen MR) is 76.0 cm³/mol. The van der Waals surface area contributed by atoms with Crippen LogP contribution in [0, 0.1) is 5.41 Å². The van der Waals surface area contributed by atoms with Gasteiger partial charge in [-0.2, -0.15) is 0 Å². The average Bonchev–Trinajstić information content (AvgIpc) is 2.66. The molecule has 0 radical (unpaired) electrons. The molecule has 1 unspecified atom stereocenters. The van der Waals surface area contributed by atoms with Crippen molar-refractivity contribution >= 4 is 18.0 Å². The van der Waals surface area contributed by atoms with E-state index in [-0.39, 0.29) is 30.7 Å². The molecule has 1 aliphatic rings. The molecule has 7 heteroatoms. The Labute approximate surface area is 124 Å². The topological polar surface area (TPSA) is 116 Å². The fraction of sp³-hybridized carbons (Fsp3) is 0.786. The average molecular weight is 300 g/mol. The van der Waals surface area contributed by atoms with Gasteiger partial charge in [0.2, 0.25) is 0 Å². The molecule has 0 aliphatic heterocycles. The number of carbonyl (C=O) groups is 3. The van der Waals surface area contributed by atoms with Gasteiger partial charge in [-0.1, -0.05) is 13.8 Å². The number of hydrogen-bond acceptors (Lipinski definition) is 3. The van der Waals surface area contributed by atoms with Gasteiger partial charge in [0, 0.05) is 12.5 Å². The van der Waals surface area contributed by atoms with Crippen molar-refractivity contribution in [2.45, 2.75) is 64.5 Å². The van der Waals surface area contributed by atoms with Crippen LogP contribution < -0.4 is 10.6 Å². The first kappa shape index (κ1) is 17.3. The maximum Gasteiger partial charge on any atom is 0.326 e. The first-order valence-corrected chi connectivity index (χ1v) is 7.21. The number of rotatable bonds is 7. The third-order valence-corrected chi connectivity index (χ3v) is 3.79. The van der Waals surface area contributed by atoms with Crippen LogP contribution in [0.4, 0.5) is 4.79 Å². The number of carboxylic acids is 2. The van der Waals surface area contributed by atoms with E-state index in [0.717, 1.165) is 19.3 Å². The molecule has 0 spiro atoms. The highest BCUT2D eigenvalue weighted by Gasteiger charge is 2.32. The first-order valence-electron chi connectivity index (χ1n) is 7.21. The largest absolute Gasteiger partial charge is 0.481 e. The quantitative estimate of drug-likeness (QED) is 0.569. The molecular weight excluding hydrogens is 276 g/mol. The third-order valence-electron chi connectivity index (χ3n) is 3.79. The third kappa shape index (κ3) is 6.46. The predicted octanol–water partition coefficient (Wildman–Crippen LogP) is 1.57. The van der Waals surface area contributed by atoms with Gasteiger partial charge in [0.05, 0.1) is 0 Å². The van der Waals surface area contributed by atoms with E-state index in [9.17, 15) is 14.4 Å². The maximum atomic E-state index is 11.8. The lowest BCUT2D eigenvalue weighted by Gasteiger charge is -2.20. The number of nitrogens with one attached hydrogen (secondary N) is 2. The van der Waals surface area contributed by atoms with Crippen LogP contribution in [0.5, 0.6) is 0 Å². The zero-order valence-electron chi connectivity index (χ0n) is 12.5. The van der Waals surface area contributed by atoms with Gasteiger partial charge in [0.1, 0.15) is 6.04 Å². The summed E-state index contributed by atoms with van der Waals surface area (Å²) in [5.41, 5.74) is 0.200. The molecule has 1 saturated carbocycles. The Morgan fingerprint density at radius 1 is 1.29 bits per heavy atom. The minimum Gasteiger partial charge on any atom is -0.481 e. The van der Waals surface area contributed by atoms with E-state index in [1.54, 1.807) is 0 Å². The standard InChI is InChI=1S/C14H24N2O5/c1-14(2)7-6-9(8-14)15-13(21)16-10(12(19)20)4-3-5-11(17)18/h9-10H,3-8H2,1-2H3,(H,17,18)(H,19,20)(H2,15,16,21)/t9?,10-/m1/s1. The van der Waals surface area contributed by atoms with Crippen LogP contribution in [0.3, 0.4) is 0 Å². The molecule has 7 nitrogen and oxygen atoms in total. The van der Waals surface area contributed by atoms with Crippen molar-refractivity contribution in [2.75, 3.05) is 0 Å². The summed E-state index contributed by atoms with van der Waals surface area (Å²) in [6.45, 7) is 4.27. The minimum absolute atomic E-state index is 0.0634. The van der Waals surface area contributed by atoms with Gasteiger partial charge in [-0.15, -0.1) is 0 Å². The van der Waals surface area contributed by atoms with E-state index >= 15 is 0 Å². The molecule has 0 saturated heterocycles. The van der Waals surface area contributed by atoms with Crippen molar-refractivity contribution in [1.29, 1.82) is 0 Å². The number of amides is 2. The van der Waals surface area contributed by atoms with Gasteiger partial charge in [0.15, 0.2) is 0 Å². The zero-order valence-corrected chi connectivity index (χ0v) is 12.5. The Morgan fingerprint density at radius 2 is 1.95 bits per heavy atom. The van der Waals surface area contributed by atoms with Crippen LogP contribution in [-0.4, -0.2) is 40.3 Å². The summed E-state index contributed by atoms with van der Waals surface area (Å²) >= 11 is 0. The van der Waals surface area contributed by atoms with Gasteiger partial charge in [0.25, 0.3) is 0 Å². The molecule has 0 aromatic heterocycles. The van der Waals surface area contributed by atoms with E-state index in [0.29, 0.717) is 0 Å². The van der Waals surface area contributed by atoms with Crippen LogP contribution in [0.25, 0.3) is 0 Å². The van der Waals surface area contributed by atoms with E-state index in [4.69, 9.17) is 10.2 Å². The molecule has 4 N–H and O–H groups in total. The van der Waals surface area contributed by atoms with Gasteiger partial charge in [-0.3, -0.25) is 4.79 Å². The Balaban J connectivity index is 2.38. The fourth-order valence-electron chi connectivity index (χ4n) is 2.66. The van der Waals surface area contributed by atoms with Crippen molar-refractivity contribution in [3.63, 3.8) is 0 Å². The van der Waals surface area contributed by atoms with Gasteiger partial charge in [-0.05, 0) is 37.5 Å². The summed E-state index contributed by atoms with van der Waals surface area (Å²) in [6.07, 6.45) is 2.99. The van der Waals surface area contributed by atoms with Crippen LogP contribution in [0.1, 0.15) is 52.4 Å². The van der Waals surface area contributed by atoms with Crippen molar-refractivity contribution in [2.24, 2.45) is 5.41 Å². The second-order valence-corrected chi connectivity index (χ2v) is 6.40. The molecule has 0 bridgehead atoms. The molecule has 1 aliphatic carbocycles. The summed E-state index contributed by atoms with van der Waals surface area (Å²) in [5, 5.41) is 22.8. The Hall–Kier alpha value is -1.79. The van der Waals surface area contributed by atoms with E-state index < -0.39 is 24.0 Å². The molecule has 2 atom stereocenters. The van der Waals surface area contributed by atoms with Gasteiger partial charge < -0.3 is 20.8 Å². The molecule has 1 fully saturated rings. The van der Waals surface area contributed by atoms with E-state index in [1.807, 2.05) is 0 Å². The summed E-state index contributed by atoms with van der Waals surface area (Å²) in [5.74, 6) is -2.13. The van der Waals surface area contributed by atoms with Crippen molar-refractivity contribution in [1.82, 2.24) is 10.6 Å². The molecule has 0 heterocycles. The van der Waals surface area contributed by atoms with Crippen LogP contribution >= 0.6 is 0 Å². The minimum atomic E-state index is -1.15. The zero-order chi connectivity index (χ0) is 16.0. The summed E-state index contributed by atoms with van der Waals surface area (Å²) in [4.78, 5) is 33.3. The Morgan fingerprint density at radius 3 is 2.43 bits per heavy atom. The SMILES string of the molecule is CC1(C)CCC(NC(=O)N[C@H](CCCC(=O)O)C(=O)O)C1. The Kier molecular flexibility index (Phi) is 5.99. The van der Waals surface area contributed by atoms with Crippen LogP contribution in [0.2, 0.25) is 0 Å². The number of hydrogen-bond donors (Lipinski definition) is 4. The van der Waals surface area contributed by atoms with Crippen molar-refractivity contribution in [3.8, 4) is 0 Å². The van der Waals surface area contributed by atoms with E-state index in [1.165, 1.54) is 0 Å². The van der Waals surface area contributed by atoms with Crippen LogP contribution in [0.15, 0.2) is 0 Å². The monoisotopic (exact) mass is 300 g/mol. The van der Waals surface area contributed by atoms with Crippen molar-refractivity contribution < 1.29 is 24.6 Å². The lowest BCUT2D eigenvalue weighted by Crippen LogP contribution is -2.48. The molecule has 120 valence electrons. The molecule has 0 aromatic carbocycles. The summed E-state index contributed by atoms with van der Waals surface area (Å²) in [7, 11) is 0. The number of urea groups is 1. The van der Waals surface area contributed by atoms with Gasteiger partial charge >= 0.3 is 18.0 Å². The highest BCUT2D eigenvalue weighted by atomic mass is 16.4. The lowest BCUT2D eigenvalue weighted by atomic mass is 9.92. The molecule has 0 aromatic rings. The number of aliphatic carboxylic acids is 2. The second-order valence-electron chi connectivity index (χ2n) is 6.40. The molecule has 21 heavy (non-hydrogen) atoms. The summed E-state index contributed by atoms with van der Waals surface area (Å²) < 4.78 is 0. The maximum absolute atomic E-state index is 11.8. The first-order chi connectivity index (χ1) is 9.69. The van der Waals surface area contributed by atoms with E-state index in [2.05, 4.69) is 24.5 Å². The fourth-order valence-corrected chi connectivity index (χ4v) is 2.66. The molecular formula is C14H24N2O5. The highest BCUT2D eigenvalue weighted by Crippen LogP contribution is 2.36. The lowest BCUT2D eigenvalue weighted by molar-refractivity contribution is -0.140. The Bertz CT molecular complexity index is 408. The number of carboxylic acid groups (broad SMARTS) is 2. The smallest absolute Gasteiger partial charge is 0.326 e. The molecule has 1 rings (SSSR count). The highest BCUT2D eigenvalue weighted by molar-refractivity contribution is 5.82. The number of carbonyl (C=O) groups excluding carboxylic acids is 1.